The van der Waals surface area contributed by atoms with Gasteiger partial charge >= 0.3 is 35.2 Å². The zero-order valence-electron chi connectivity index (χ0n) is 11.6. The average Bonchev–Trinajstić information content (AvgIpc) is 2.70. The van der Waals surface area contributed by atoms with E-state index >= 15 is 0 Å². The topological polar surface area (TPSA) is 128 Å². The number of aromatic amines is 1. The van der Waals surface area contributed by atoms with Crippen LogP contribution in [0.4, 0.5) is 0 Å². The van der Waals surface area contributed by atoms with E-state index in [1.54, 1.807) is 0 Å². The van der Waals surface area contributed by atoms with E-state index in [2.05, 4.69) is 11.8 Å². The Morgan fingerprint density at radius 2 is 2.19 bits per heavy atom. The predicted molar refractivity (Wildman–Crippen MR) is 64.7 cm³/mol. The third kappa shape index (κ3) is 3.46. The molecular weight excluding hydrogens is 291 g/mol. The molecule has 1 aromatic rings. The van der Waals surface area contributed by atoms with Crippen molar-refractivity contribution in [1.29, 1.82) is 0 Å². The van der Waals surface area contributed by atoms with Crippen molar-refractivity contribution in [2.75, 3.05) is 6.61 Å². The molecule has 2 heterocycles. The van der Waals surface area contributed by atoms with Gasteiger partial charge < -0.3 is 20.1 Å². The smallest absolute Gasteiger partial charge is 0.847 e. The van der Waals surface area contributed by atoms with Gasteiger partial charge in [-0.2, -0.15) is 0 Å². The van der Waals surface area contributed by atoms with Gasteiger partial charge in [0, 0.05) is 6.20 Å². The first-order chi connectivity index (χ1) is 9.49. The fourth-order valence-electron chi connectivity index (χ4n) is 1.99. The summed E-state index contributed by atoms with van der Waals surface area (Å²) in [5.41, 5.74) is -1.50. The monoisotopic (exact) mass is 304 g/mol. The van der Waals surface area contributed by atoms with Crippen molar-refractivity contribution in [3.05, 3.63) is 32.6 Å². The Labute approximate surface area is 141 Å². The van der Waals surface area contributed by atoms with Gasteiger partial charge in [-0.05, 0) is 13.0 Å². The Hall–Kier alpha value is -0.920. The molecule has 0 spiro atoms. The summed E-state index contributed by atoms with van der Waals surface area (Å²) >= 11 is 0. The van der Waals surface area contributed by atoms with Crippen molar-refractivity contribution in [2.45, 2.75) is 31.5 Å². The van der Waals surface area contributed by atoms with Gasteiger partial charge in [-0.3, -0.25) is 14.3 Å². The Morgan fingerprint density at radius 3 is 2.71 bits per heavy atom. The Bertz CT molecular complexity index is 673. The van der Waals surface area contributed by atoms with Crippen molar-refractivity contribution in [3.63, 3.8) is 0 Å². The molecule has 8 nitrogen and oxygen atoms in total. The second-order valence-electron chi connectivity index (χ2n) is 4.29. The molecule has 0 saturated carbocycles. The van der Waals surface area contributed by atoms with Crippen molar-refractivity contribution < 1.29 is 49.6 Å². The van der Waals surface area contributed by atoms with Crippen LogP contribution in [-0.2, 0) is 4.74 Å². The first-order valence-electron chi connectivity index (χ1n) is 5.88. The van der Waals surface area contributed by atoms with Gasteiger partial charge in [0.25, 0.3) is 5.56 Å². The van der Waals surface area contributed by atoms with Crippen LogP contribution in [0.5, 0.6) is 0 Å². The summed E-state index contributed by atoms with van der Waals surface area (Å²) in [5.74, 6) is 5.00. The minimum atomic E-state index is -1.65. The summed E-state index contributed by atoms with van der Waals surface area (Å²) in [4.78, 5) is 25.2. The third-order valence-corrected chi connectivity index (χ3v) is 2.99. The molecule has 0 bridgehead atoms. The first kappa shape index (κ1) is 18.1. The molecule has 0 radical (unpaired) electrons. The molecule has 9 heteroatoms. The molecule has 108 valence electrons. The fraction of sp³-hybridized carbons (Fsp3) is 0.500. The van der Waals surface area contributed by atoms with E-state index in [0.717, 1.165) is 10.8 Å². The van der Waals surface area contributed by atoms with Crippen molar-refractivity contribution in [1.82, 2.24) is 9.55 Å². The normalized spacial score (nSPS) is 27.6. The molecule has 21 heavy (non-hydrogen) atoms. The number of rotatable bonds is 2. The van der Waals surface area contributed by atoms with Crippen LogP contribution in [0.3, 0.4) is 0 Å². The zero-order chi connectivity index (χ0) is 14.9. The first-order valence-corrected chi connectivity index (χ1v) is 5.88. The van der Waals surface area contributed by atoms with E-state index in [-0.39, 0.29) is 35.1 Å². The maximum Gasteiger partial charge on any atom is 1.00 e. The molecule has 0 aliphatic carbocycles. The van der Waals surface area contributed by atoms with Crippen LogP contribution >= 0.6 is 0 Å². The van der Waals surface area contributed by atoms with Crippen LogP contribution < -0.4 is 45.9 Å². The van der Waals surface area contributed by atoms with E-state index in [1.807, 2.05) is 4.98 Å². The Balaban J connectivity index is 0.00000220. The van der Waals surface area contributed by atoms with E-state index in [4.69, 9.17) is 9.84 Å². The van der Waals surface area contributed by atoms with Crippen LogP contribution in [0.15, 0.2) is 15.8 Å². The largest absolute Gasteiger partial charge is 1.00 e. The quantitative estimate of drug-likeness (QED) is 0.368. The third-order valence-electron chi connectivity index (χ3n) is 2.99. The standard InChI is InChI=1S/C12H13N2O6.Na/c1-2-3-6-4-14(12(19)13-10(6)18)11-9(17)8(16)7(5-15)20-11;/h4,7-9,11,15-16H,5H2,1H3,(H,13,18,19);/q-1;+1/t7-,8-,9+,11-;/m1./s1. The molecule has 1 saturated heterocycles. The van der Waals surface area contributed by atoms with E-state index in [9.17, 15) is 19.8 Å². The summed E-state index contributed by atoms with van der Waals surface area (Å²) in [5, 5.41) is 30.5. The number of aliphatic hydroxyl groups excluding tert-OH is 2. The molecule has 3 N–H and O–H groups in total. The van der Waals surface area contributed by atoms with Gasteiger partial charge in [0.2, 0.25) is 0 Å². The van der Waals surface area contributed by atoms with Crippen LogP contribution in [0.25, 0.3) is 0 Å². The van der Waals surface area contributed by atoms with E-state index in [0.29, 0.717) is 0 Å². The van der Waals surface area contributed by atoms with Crippen molar-refractivity contribution in [2.24, 2.45) is 0 Å². The molecule has 1 fully saturated rings. The van der Waals surface area contributed by atoms with Crippen molar-refractivity contribution in [3.8, 4) is 11.8 Å². The number of hydrogen-bond acceptors (Lipinski definition) is 6. The number of ether oxygens (including phenoxy) is 1. The fourth-order valence-corrected chi connectivity index (χ4v) is 1.99. The maximum atomic E-state index is 11.9. The average molecular weight is 304 g/mol. The molecule has 1 aliphatic rings. The minimum absolute atomic E-state index is 0. The molecule has 1 aliphatic heterocycles. The van der Waals surface area contributed by atoms with E-state index < -0.39 is 42.4 Å². The second-order valence-corrected chi connectivity index (χ2v) is 4.29. The number of nitrogens with zero attached hydrogens (tertiary/aromatic N) is 1. The number of hydrogen-bond donors (Lipinski definition) is 3. The Morgan fingerprint density at radius 1 is 1.52 bits per heavy atom. The van der Waals surface area contributed by atoms with E-state index in [1.165, 1.54) is 6.92 Å². The summed E-state index contributed by atoms with van der Waals surface area (Å²) in [6, 6.07) is 0. The van der Waals surface area contributed by atoms with Gasteiger partial charge in [0.05, 0.1) is 12.7 Å². The zero-order valence-corrected chi connectivity index (χ0v) is 13.6. The van der Waals surface area contributed by atoms with Gasteiger partial charge in [-0.15, -0.1) is 5.92 Å². The molecule has 2 rings (SSSR count). The molecule has 0 aromatic carbocycles. The minimum Gasteiger partial charge on any atom is -0.847 e. The number of H-pyrrole nitrogens is 1. The Kier molecular flexibility index (Phi) is 6.37. The molecule has 1 aromatic heterocycles. The second kappa shape index (κ2) is 7.38. The predicted octanol–water partition coefficient (Wildman–Crippen LogP) is -6.11. The summed E-state index contributed by atoms with van der Waals surface area (Å²) in [6.07, 6.45) is -4.37. The summed E-state index contributed by atoms with van der Waals surface area (Å²) < 4.78 is 6.03. The van der Waals surface area contributed by atoms with Gasteiger partial charge in [-0.25, -0.2) is 4.79 Å². The van der Waals surface area contributed by atoms with Gasteiger partial charge in [-0.1, -0.05) is 5.92 Å². The van der Waals surface area contributed by atoms with Gasteiger partial charge in [0.15, 0.2) is 0 Å². The summed E-state index contributed by atoms with van der Waals surface area (Å²) in [7, 11) is 0. The molecular formula is C12H13N2NaO6. The SMILES string of the molecule is CC#Cc1cn([C@@H]2O[C@H](CO)[C@@H](O)[C@@H]2[O-])c(=O)[nH]c1=O.[Na+]. The van der Waals surface area contributed by atoms with Crippen LogP contribution in [0.1, 0.15) is 18.7 Å². The number of aromatic nitrogens is 2. The molecule has 0 amide bonds. The van der Waals surface area contributed by atoms with Gasteiger partial charge in [0.1, 0.15) is 17.9 Å². The maximum absolute atomic E-state index is 11.9. The molecule has 0 unspecified atom stereocenters. The summed E-state index contributed by atoms with van der Waals surface area (Å²) in [6.45, 7) is 0.971. The van der Waals surface area contributed by atoms with Crippen molar-refractivity contribution >= 4 is 0 Å². The number of nitrogens with one attached hydrogen (secondary N) is 1. The molecule has 4 atom stereocenters. The number of aliphatic hydroxyl groups is 2. The van der Waals surface area contributed by atoms with Crippen LogP contribution in [0.2, 0.25) is 0 Å². The van der Waals surface area contributed by atoms with Crippen LogP contribution in [-0.4, -0.2) is 44.7 Å². The van der Waals surface area contributed by atoms with Crippen LogP contribution in [0, 0.1) is 11.8 Å².